The molecule has 21 heavy (non-hydrogen) atoms. The first-order valence-corrected chi connectivity index (χ1v) is 7.06. The van der Waals surface area contributed by atoms with E-state index in [4.69, 9.17) is 4.74 Å². The molecule has 3 rings (SSSR count). The maximum absolute atomic E-state index is 12.6. The van der Waals surface area contributed by atoms with E-state index in [2.05, 4.69) is 4.98 Å². The van der Waals surface area contributed by atoms with Crippen LogP contribution in [-0.4, -0.2) is 11.6 Å². The second kappa shape index (κ2) is 5.44. The second-order valence-electron chi connectivity index (χ2n) is 4.93. The lowest BCUT2D eigenvalue weighted by molar-refractivity contribution is 0.343. The lowest BCUT2D eigenvalue weighted by Crippen LogP contribution is -2.10. The highest BCUT2D eigenvalue weighted by atomic mass is 16.5. The summed E-state index contributed by atoms with van der Waals surface area (Å²) < 4.78 is 5.63. The summed E-state index contributed by atoms with van der Waals surface area (Å²) in [5.41, 5.74) is 3.38. The molecule has 3 nitrogen and oxygen atoms in total. The van der Waals surface area contributed by atoms with Crippen molar-refractivity contribution in [2.45, 2.75) is 13.8 Å². The van der Waals surface area contributed by atoms with Gasteiger partial charge in [-0.2, -0.15) is 0 Å². The molecule has 0 atom stereocenters. The van der Waals surface area contributed by atoms with Gasteiger partial charge in [0.15, 0.2) is 5.43 Å². The summed E-state index contributed by atoms with van der Waals surface area (Å²) in [5.74, 6) is 0.712. The highest BCUT2D eigenvalue weighted by Gasteiger charge is 2.12. The van der Waals surface area contributed by atoms with E-state index >= 15 is 0 Å². The van der Waals surface area contributed by atoms with Gasteiger partial charge in [0, 0.05) is 10.9 Å². The molecule has 1 heterocycles. The van der Waals surface area contributed by atoms with Crippen LogP contribution in [0.1, 0.15) is 12.5 Å². The number of para-hydroxylation sites is 1. The summed E-state index contributed by atoms with van der Waals surface area (Å²) >= 11 is 0. The van der Waals surface area contributed by atoms with Crippen LogP contribution in [0, 0.1) is 6.92 Å². The third kappa shape index (κ3) is 2.31. The van der Waals surface area contributed by atoms with Crippen LogP contribution in [0.4, 0.5) is 0 Å². The van der Waals surface area contributed by atoms with E-state index in [1.165, 1.54) is 0 Å². The minimum Gasteiger partial charge on any atom is -0.492 e. The number of H-pyrrole nitrogens is 1. The number of hydrogen-bond acceptors (Lipinski definition) is 2. The number of fused-ring (bicyclic) bond motifs is 1. The number of pyridine rings is 1. The number of ether oxygens (including phenoxy) is 1. The normalized spacial score (nSPS) is 10.8. The minimum atomic E-state index is 0.0455. The van der Waals surface area contributed by atoms with E-state index in [-0.39, 0.29) is 5.43 Å². The van der Waals surface area contributed by atoms with Crippen LogP contribution in [0.2, 0.25) is 0 Å². The zero-order chi connectivity index (χ0) is 14.8. The maximum atomic E-state index is 12.6. The smallest absolute Gasteiger partial charge is 0.193 e. The Labute approximate surface area is 123 Å². The van der Waals surface area contributed by atoms with E-state index in [0.29, 0.717) is 17.7 Å². The molecule has 0 radical (unpaired) electrons. The van der Waals surface area contributed by atoms with Crippen molar-refractivity contribution in [3.05, 3.63) is 64.3 Å². The quantitative estimate of drug-likeness (QED) is 0.790. The number of rotatable bonds is 3. The van der Waals surface area contributed by atoms with Gasteiger partial charge in [0.2, 0.25) is 0 Å². The monoisotopic (exact) mass is 279 g/mol. The van der Waals surface area contributed by atoms with Crippen molar-refractivity contribution < 1.29 is 4.74 Å². The van der Waals surface area contributed by atoms with Crippen LogP contribution in [0.5, 0.6) is 5.75 Å². The molecule has 1 aromatic heterocycles. The number of aromatic amines is 1. The molecule has 0 fully saturated rings. The summed E-state index contributed by atoms with van der Waals surface area (Å²) in [4.78, 5) is 16.0. The zero-order valence-corrected chi connectivity index (χ0v) is 12.1. The van der Waals surface area contributed by atoms with E-state index in [1.807, 2.05) is 62.4 Å². The Bertz CT molecular complexity index is 835. The number of hydrogen-bond donors (Lipinski definition) is 1. The molecule has 0 saturated carbocycles. The average molecular weight is 279 g/mol. The Kier molecular flexibility index (Phi) is 3.48. The maximum Gasteiger partial charge on any atom is 0.193 e. The van der Waals surface area contributed by atoms with Crippen LogP contribution in [0.25, 0.3) is 22.2 Å². The van der Waals surface area contributed by atoms with Gasteiger partial charge in [-0.3, -0.25) is 4.79 Å². The molecule has 3 heteroatoms. The van der Waals surface area contributed by atoms with E-state index in [9.17, 15) is 4.79 Å². The standard InChI is InChI=1S/C18H17NO2/c1-3-21-15-11-7-10-14-17(15)19-16(12(2)18(14)20)13-8-5-4-6-9-13/h4-11H,3H2,1-2H3,(H,19,20). The molecule has 0 aliphatic heterocycles. The molecule has 0 amide bonds. The molecule has 106 valence electrons. The van der Waals surface area contributed by atoms with Crippen molar-refractivity contribution in [1.29, 1.82) is 0 Å². The first-order chi connectivity index (χ1) is 10.2. The van der Waals surface area contributed by atoms with Gasteiger partial charge in [-0.15, -0.1) is 0 Å². The van der Waals surface area contributed by atoms with Crippen molar-refractivity contribution in [2.24, 2.45) is 0 Å². The van der Waals surface area contributed by atoms with Crippen LogP contribution < -0.4 is 10.2 Å². The first kappa shape index (κ1) is 13.4. The van der Waals surface area contributed by atoms with Gasteiger partial charge >= 0.3 is 0 Å². The summed E-state index contributed by atoms with van der Waals surface area (Å²) in [6, 6.07) is 15.4. The summed E-state index contributed by atoms with van der Waals surface area (Å²) in [7, 11) is 0. The minimum absolute atomic E-state index is 0.0455. The fourth-order valence-corrected chi connectivity index (χ4v) is 2.55. The Balaban J connectivity index is 2.35. The Morgan fingerprint density at radius 1 is 1.05 bits per heavy atom. The van der Waals surface area contributed by atoms with Crippen LogP contribution in [0.3, 0.4) is 0 Å². The molecule has 0 aliphatic carbocycles. The third-order valence-electron chi connectivity index (χ3n) is 3.60. The SMILES string of the molecule is CCOc1cccc2c(=O)c(C)c(-c3ccccc3)[nH]c12. The van der Waals surface area contributed by atoms with Gasteiger partial charge in [0.25, 0.3) is 0 Å². The molecule has 2 aromatic carbocycles. The van der Waals surface area contributed by atoms with Gasteiger partial charge < -0.3 is 9.72 Å². The van der Waals surface area contributed by atoms with Crippen molar-refractivity contribution in [2.75, 3.05) is 6.61 Å². The van der Waals surface area contributed by atoms with E-state index in [1.54, 1.807) is 0 Å². The Hall–Kier alpha value is -2.55. The van der Waals surface area contributed by atoms with E-state index < -0.39 is 0 Å². The number of aromatic nitrogens is 1. The molecule has 0 saturated heterocycles. The lowest BCUT2D eigenvalue weighted by Gasteiger charge is -2.12. The predicted molar refractivity (Wildman–Crippen MR) is 85.9 cm³/mol. The van der Waals surface area contributed by atoms with Gasteiger partial charge in [-0.1, -0.05) is 36.4 Å². The summed E-state index contributed by atoms with van der Waals surface area (Å²) in [6.07, 6.45) is 0. The van der Waals surface area contributed by atoms with Crippen molar-refractivity contribution in [3.8, 4) is 17.0 Å². The lowest BCUT2D eigenvalue weighted by atomic mass is 10.0. The third-order valence-corrected chi connectivity index (χ3v) is 3.60. The van der Waals surface area contributed by atoms with Gasteiger partial charge in [0.1, 0.15) is 5.75 Å². The molecule has 0 aliphatic rings. The van der Waals surface area contributed by atoms with Gasteiger partial charge in [-0.05, 0) is 31.5 Å². The van der Waals surface area contributed by atoms with Gasteiger partial charge in [0.05, 0.1) is 17.8 Å². The van der Waals surface area contributed by atoms with Crippen LogP contribution >= 0.6 is 0 Å². The number of nitrogens with one attached hydrogen (secondary N) is 1. The fourth-order valence-electron chi connectivity index (χ4n) is 2.55. The second-order valence-corrected chi connectivity index (χ2v) is 4.93. The van der Waals surface area contributed by atoms with Gasteiger partial charge in [-0.25, -0.2) is 0 Å². The largest absolute Gasteiger partial charge is 0.492 e. The van der Waals surface area contributed by atoms with Crippen LogP contribution in [-0.2, 0) is 0 Å². The number of benzene rings is 2. The molecule has 3 aromatic rings. The summed E-state index contributed by atoms with van der Waals surface area (Å²) in [6.45, 7) is 4.35. The van der Waals surface area contributed by atoms with Crippen molar-refractivity contribution in [3.63, 3.8) is 0 Å². The highest BCUT2D eigenvalue weighted by molar-refractivity contribution is 5.87. The molecule has 0 spiro atoms. The molecule has 1 N–H and O–H groups in total. The fraction of sp³-hybridized carbons (Fsp3) is 0.167. The molecule has 0 bridgehead atoms. The summed E-state index contributed by atoms with van der Waals surface area (Å²) in [5, 5.41) is 0.665. The van der Waals surface area contributed by atoms with Crippen molar-refractivity contribution >= 4 is 10.9 Å². The zero-order valence-electron chi connectivity index (χ0n) is 12.1. The Morgan fingerprint density at radius 2 is 1.81 bits per heavy atom. The molecular formula is C18H17NO2. The Morgan fingerprint density at radius 3 is 2.52 bits per heavy atom. The molecular weight excluding hydrogens is 262 g/mol. The highest BCUT2D eigenvalue weighted by Crippen LogP contribution is 2.27. The average Bonchev–Trinajstić information content (AvgIpc) is 2.52. The van der Waals surface area contributed by atoms with E-state index in [0.717, 1.165) is 22.3 Å². The molecule has 0 unspecified atom stereocenters. The predicted octanol–water partition coefficient (Wildman–Crippen LogP) is 3.90. The first-order valence-electron chi connectivity index (χ1n) is 7.06. The topological polar surface area (TPSA) is 42.1 Å². The van der Waals surface area contributed by atoms with Crippen molar-refractivity contribution in [1.82, 2.24) is 4.98 Å². The van der Waals surface area contributed by atoms with Crippen LogP contribution in [0.15, 0.2) is 53.3 Å².